The van der Waals surface area contributed by atoms with Crippen LogP contribution < -0.4 is 0 Å². The zero-order valence-electron chi connectivity index (χ0n) is 15.8. The van der Waals surface area contributed by atoms with Gasteiger partial charge in [0.15, 0.2) is 0 Å². The van der Waals surface area contributed by atoms with Crippen LogP contribution in [0.25, 0.3) is 0 Å². The Morgan fingerprint density at radius 2 is 2.11 bits per heavy atom. The molecule has 148 valence electrons. The molecule has 2 aliphatic heterocycles. The van der Waals surface area contributed by atoms with E-state index in [1.54, 1.807) is 6.08 Å². The number of phosphoric acid groups is 1. The maximum Gasteiger partial charge on any atom is 0.472 e. The van der Waals surface area contributed by atoms with Crippen molar-refractivity contribution in [1.29, 1.82) is 0 Å². The van der Waals surface area contributed by atoms with Crippen molar-refractivity contribution in [2.45, 2.75) is 45.6 Å². The van der Waals surface area contributed by atoms with Gasteiger partial charge >= 0.3 is 13.8 Å². The van der Waals surface area contributed by atoms with Gasteiger partial charge in [-0.1, -0.05) is 38.2 Å². The SMILES string of the molecule is C=C1CCC2C3(C)COP(=O)(O)OC3CCC2(C)C1C=CC1=CCOC1=O. The summed E-state index contributed by atoms with van der Waals surface area (Å²) in [6.07, 6.45) is 8.90. The second-order valence-corrected chi connectivity index (χ2v) is 10.1. The lowest BCUT2D eigenvalue weighted by Gasteiger charge is -2.61. The van der Waals surface area contributed by atoms with Crippen molar-refractivity contribution in [3.63, 3.8) is 0 Å². The third-order valence-electron chi connectivity index (χ3n) is 7.20. The summed E-state index contributed by atoms with van der Waals surface area (Å²) in [7, 11) is -3.94. The van der Waals surface area contributed by atoms with Crippen LogP contribution in [0.2, 0.25) is 0 Å². The molecule has 2 heterocycles. The fraction of sp³-hybridized carbons (Fsp3) is 0.650. The molecule has 0 aromatic carbocycles. The van der Waals surface area contributed by atoms with E-state index in [0.717, 1.165) is 19.3 Å². The van der Waals surface area contributed by atoms with Crippen LogP contribution in [0.15, 0.2) is 36.0 Å². The zero-order valence-corrected chi connectivity index (χ0v) is 16.7. The highest BCUT2D eigenvalue weighted by Crippen LogP contribution is 2.66. The monoisotopic (exact) mass is 394 g/mol. The molecule has 0 bridgehead atoms. The topological polar surface area (TPSA) is 82.1 Å². The molecular weight excluding hydrogens is 367 g/mol. The van der Waals surface area contributed by atoms with Gasteiger partial charge in [0.25, 0.3) is 0 Å². The summed E-state index contributed by atoms with van der Waals surface area (Å²) in [5.74, 6) is 0.123. The summed E-state index contributed by atoms with van der Waals surface area (Å²) in [5.41, 5.74) is 1.38. The standard InChI is InChI=1S/C20H27O6P/c1-13-4-7-16-19(2,15(13)6-5-14-9-11-24-18(14)21)10-8-17-20(16,3)12-25-27(22,23)26-17/h5-6,9,15-17H,1,4,7-8,10-12H2,2-3H3,(H,22,23). The fourth-order valence-corrected chi connectivity index (χ4v) is 6.92. The molecule has 4 rings (SSSR count). The third-order valence-corrected chi connectivity index (χ3v) is 8.17. The van der Waals surface area contributed by atoms with Gasteiger partial charge in [-0.15, -0.1) is 0 Å². The highest BCUT2D eigenvalue weighted by Gasteiger charge is 2.61. The van der Waals surface area contributed by atoms with Gasteiger partial charge in [0, 0.05) is 11.3 Å². The molecular formula is C20H27O6P. The lowest BCUT2D eigenvalue weighted by atomic mass is 9.46. The summed E-state index contributed by atoms with van der Waals surface area (Å²) < 4.78 is 27.6. The van der Waals surface area contributed by atoms with Gasteiger partial charge in [0.2, 0.25) is 0 Å². The Bertz CT molecular complexity index is 785. The minimum Gasteiger partial charge on any atom is -0.458 e. The molecule has 0 amide bonds. The first kappa shape index (κ1) is 19.1. The molecule has 27 heavy (non-hydrogen) atoms. The second kappa shape index (κ2) is 6.41. The van der Waals surface area contributed by atoms with Crippen molar-refractivity contribution >= 4 is 13.8 Å². The molecule has 3 fully saturated rings. The Hall–Kier alpha value is -1.20. The van der Waals surface area contributed by atoms with Gasteiger partial charge in [-0.25, -0.2) is 9.36 Å². The predicted octanol–water partition coefficient (Wildman–Crippen LogP) is 3.93. The number of ether oxygens (including phenoxy) is 1. The van der Waals surface area contributed by atoms with Crippen LogP contribution in [0.5, 0.6) is 0 Å². The van der Waals surface area contributed by atoms with E-state index in [2.05, 4.69) is 26.5 Å². The second-order valence-electron chi connectivity index (χ2n) is 8.73. The number of fused-ring (bicyclic) bond motifs is 3. The number of carbonyl (C=O) groups excluding carboxylic acids is 1. The van der Waals surface area contributed by atoms with Crippen LogP contribution in [-0.2, 0) is 23.1 Å². The minimum absolute atomic E-state index is 0.0658. The number of hydrogen-bond acceptors (Lipinski definition) is 5. The summed E-state index contributed by atoms with van der Waals surface area (Å²) in [5, 5.41) is 0. The molecule has 7 heteroatoms. The lowest BCUT2D eigenvalue weighted by Crippen LogP contribution is -2.59. The van der Waals surface area contributed by atoms with Crippen LogP contribution in [0.1, 0.15) is 39.5 Å². The van der Waals surface area contributed by atoms with E-state index in [4.69, 9.17) is 13.8 Å². The summed E-state index contributed by atoms with van der Waals surface area (Å²) in [6, 6.07) is 0. The van der Waals surface area contributed by atoms with Crippen molar-refractivity contribution in [3.05, 3.63) is 36.0 Å². The van der Waals surface area contributed by atoms with E-state index in [9.17, 15) is 14.3 Å². The van der Waals surface area contributed by atoms with Crippen molar-refractivity contribution < 1.29 is 28.0 Å². The minimum atomic E-state index is -3.94. The molecule has 1 N–H and O–H groups in total. The van der Waals surface area contributed by atoms with Gasteiger partial charge in [-0.05, 0) is 43.1 Å². The summed E-state index contributed by atoms with van der Waals surface area (Å²) >= 11 is 0. The van der Waals surface area contributed by atoms with Gasteiger partial charge in [-0.2, -0.15) is 0 Å². The quantitative estimate of drug-likeness (QED) is 0.434. The molecule has 6 atom stereocenters. The van der Waals surface area contributed by atoms with E-state index in [0.29, 0.717) is 18.6 Å². The van der Waals surface area contributed by atoms with E-state index < -0.39 is 7.82 Å². The van der Waals surface area contributed by atoms with E-state index in [1.165, 1.54) is 5.57 Å². The molecule has 6 unspecified atom stereocenters. The van der Waals surface area contributed by atoms with Gasteiger partial charge < -0.3 is 9.63 Å². The average Bonchev–Trinajstić information content (AvgIpc) is 3.00. The van der Waals surface area contributed by atoms with Gasteiger partial charge in [0.1, 0.15) is 6.61 Å². The van der Waals surface area contributed by atoms with Gasteiger partial charge in [-0.3, -0.25) is 9.05 Å². The Balaban J connectivity index is 1.64. The molecule has 0 radical (unpaired) electrons. The fourth-order valence-electron chi connectivity index (χ4n) is 5.75. The molecule has 0 spiro atoms. The lowest BCUT2D eigenvalue weighted by molar-refractivity contribution is -0.164. The summed E-state index contributed by atoms with van der Waals surface area (Å²) in [6.45, 7) is 9.26. The number of phosphoric ester groups is 1. The van der Waals surface area contributed by atoms with Crippen LogP contribution >= 0.6 is 7.82 Å². The van der Waals surface area contributed by atoms with Crippen LogP contribution in [0, 0.1) is 22.7 Å². The highest BCUT2D eigenvalue weighted by molar-refractivity contribution is 7.47. The number of esters is 1. The maximum absolute atomic E-state index is 11.9. The number of allylic oxidation sites excluding steroid dienone is 2. The Morgan fingerprint density at radius 1 is 1.33 bits per heavy atom. The number of carbonyl (C=O) groups is 1. The van der Waals surface area contributed by atoms with E-state index >= 15 is 0 Å². The Morgan fingerprint density at radius 3 is 2.81 bits per heavy atom. The molecule has 2 saturated carbocycles. The summed E-state index contributed by atoms with van der Waals surface area (Å²) in [4.78, 5) is 21.5. The van der Waals surface area contributed by atoms with Gasteiger partial charge in [0.05, 0.1) is 18.3 Å². The third kappa shape index (κ3) is 3.07. The van der Waals surface area contributed by atoms with Crippen LogP contribution in [-0.4, -0.2) is 30.2 Å². The molecule has 4 aliphatic rings. The largest absolute Gasteiger partial charge is 0.472 e. The van der Waals surface area contributed by atoms with Crippen molar-refractivity contribution in [2.24, 2.45) is 22.7 Å². The molecule has 0 aromatic heterocycles. The van der Waals surface area contributed by atoms with E-state index in [1.807, 2.05) is 6.08 Å². The van der Waals surface area contributed by atoms with Crippen LogP contribution in [0.4, 0.5) is 0 Å². The molecule has 0 aromatic rings. The first-order chi connectivity index (χ1) is 12.7. The van der Waals surface area contributed by atoms with Crippen molar-refractivity contribution in [3.8, 4) is 0 Å². The Kier molecular flexibility index (Phi) is 4.54. The number of cyclic esters (lactones) is 1. The predicted molar refractivity (Wildman–Crippen MR) is 99.6 cm³/mol. The maximum atomic E-state index is 11.9. The average molecular weight is 394 g/mol. The highest BCUT2D eigenvalue weighted by atomic mass is 31.2. The normalized spacial score (nSPS) is 47.4. The van der Waals surface area contributed by atoms with E-state index in [-0.39, 0.29) is 41.3 Å². The Labute approximate surface area is 159 Å². The number of rotatable bonds is 2. The first-order valence-electron chi connectivity index (χ1n) is 9.55. The smallest absolute Gasteiger partial charge is 0.458 e. The molecule has 6 nitrogen and oxygen atoms in total. The van der Waals surface area contributed by atoms with Crippen LogP contribution in [0.3, 0.4) is 0 Å². The number of hydrogen-bond donors (Lipinski definition) is 1. The van der Waals surface area contributed by atoms with Crippen molar-refractivity contribution in [2.75, 3.05) is 13.2 Å². The molecule has 1 saturated heterocycles. The zero-order chi connectivity index (χ0) is 19.4. The first-order valence-corrected chi connectivity index (χ1v) is 11.0. The molecule has 2 aliphatic carbocycles. The van der Waals surface area contributed by atoms with Crippen molar-refractivity contribution in [1.82, 2.24) is 0 Å².